The van der Waals surface area contributed by atoms with E-state index in [0.717, 1.165) is 9.87 Å². The highest BCUT2D eigenvalue weighted by atomic mass is 32.2. The van der Waals surface area contributed by atoms with E-state index in [-0.39, 0.29) is 17.1 Å². The van der Waals surface area contributed by atoms with E-state index in [2.05, 4.69) is 5.16 Å². The summed E-state index contributed by atoms with van der Waals surface area (Å²) in [6.07, 6.45) is 0. The molecule has 0 aliphatic heterocycles. The van der Waals surface area contributed by atoms with Crippen LogP contribution in [-0.4, -0.2) is 37.9 Å². The SMILES string of the molecule is CN(C)S(=O)(=O)c1cccc(C(=O)OCc2cc(-c3ccccc3)on2)c1. The lowest BCUT2D eigenvalue weighted by Crippen LogP contribution is -2.22. The summed E-state index contributed by atoms with van der Waals surface area (Å²) in [6.45, 7) is -0.0835. The smallest absolute Gasteiger partial charge is 0.338 e. The first-order chi connectivity index (χ1) is 12.9. The number of sulfonamides is 1. The first-order valence-electron chi connectivity index (χ1n) is 8.08. The molecule has 0 spiro atoms. The molecule has 8 heteroatoms. The first-order valence-corrected chi connectivity index (χ1v) is 9.52. The molecule has 0 aliphatic carbocycles. The molecule has 0 saturated carbocycles. The predicted octanol–water partition coefficient (Wildman–Crippen LogP) is 2.95. The zero-order valence-electron chi connectivity index (χ0n) is 14.8. The molecule has 0 aliphatic rings. The second-order valence-corrected chi connectivity index (χ2v) is 8.09. The fraction of sp³-hybridized carbons (Fsp3) is 0.158. The summed E-state index contributed by atoms with van der Waals surface area (Å²) in [5.41, 5.74) is 1.47. The van der Waals surface area contributed by atoms with Gasteiger partial charge in [0.2, 0.25) is 10.0 Å². The standard InChI is InChI=1S/C19H18N2O5S/c1-21(2)27(23,24)17-10-6-9-15(11-17)19(22)25-13-16-12-18(26-20-16)14-7-4-3-5-8-14/h3-12H,13H2,1-2H3. The lowest BCUT2D eigenvalue weighted by atomic mass is 10.2. The summed E-state index contributed by atoms with van der Waals surface area (Å²) in [5, 5.41) is 3.88. The molecule has 0 fully saturated rings. The number of aromatic nitrogens is 1. The molecule has 0 unspecified atom stereocenters. The van der Waals surface area contributed by atoms with E-state index in [1.165, 1.54) is 38.4 Å². The van der Waals surface area contributed by atoms with E-state index < -0.39 is 16.0 Å². The zero-order chi connectivity index (χ0) is 19.4. The fourth-order valence-corrected chi connectivity index (χ4v) is 3.28. The third kappa shape index (κ3) is 4.24. The monoisotopic (exact) mass is 386 g/mol. The Morgan fingerprint density at radius 1 is 1.07 bits per heavy atom. The van der Waals surface area contributed by atoms with E-state index in [0.29, 0.717) is 11.5 Å². The molecule has 3 rings (SSSR count). The van der Waals surface area contributed by atoms with Crippen molar-refractivity contribution >= 4 is 16.0 Å². The molecule has 140 valence electrons. The van der Waals surface area contributed by atoms with Crippen LogP contribution in [0.2, 0.25) is 0 Å². The van der Waals surface area contributed by atoms with Gasteiger partial charge in [0.1, 0.15) is 12.3 Å². The Bertz CT molecular complexity index is 1040. The van der Waals surface area contributed by atoms with Crippen LogP contribution in [0.4, 0.5) is 0 Å². The minimum atomic E-state index is -3.63. The van der Waals surface area contributed by atoms with Crippen molar-refractivity contribution < 1.29 is 22.5 Å². The van der Waals surface area contributed by atoms with Gasteiger partial charge in [0, 0.05) is 25.7 Å². The van der Waals surface area contributed by atoms with Crippen molar-refractivity contribution in [3.63, 3.8) is 0 Å². The molecule has 1 aromatic heterocycles. The van der Waals surface area contributed by atoms with Gasteiger partial charge in [-0.3, -0.25) is 0 Å². The van der Waals surface area contributed by atoms with Crippen molar-refractivity contribution in [1.82, 2.24) is 9.46 Å². The lowest BCUT2D eigenvalue weighted by molar-refractivity contribution is 0.0464. The largest absolute Gasteiger partial charge is 0.455 e. The Morgan fingerprint density at radius 3 is 2.52 bits per heavy atom. The highest BCUT2D eigenvalue weighted by Crippen LogP contribution is 2.20. The first kappa shape index (κ1) is 18.8. The van der Waals surface area contributed by atoms with E-state index in [4.69, 9.17) is 9.26 Å². The van der Waals surface area contributed by atoms with Crippen molar-refractivity contribution in [2.75, 3.05) is 14.1 Å². The molecular formula is C19H18N2O5S. The van der Waals surface area contributed by atoms with Crippen molar-refractivity contribution in [2.45, 2.75) is 11.5 Å². The molecule has 0 atom stereocenters. The maximum absolute atomic E-state index is 12.3. The van der Waals surface area contributed by atoms with Gasteiger partial charge in [0.05, 0.1) is 10.5 Å². The third-order valence-corrected chi connectivity index (χ3v) is 5.63. The van der Waals surface area contributed by atoms with Crippen molar-refractivity contribution in [1.29, 1.82) is 0 Å². The van der Waals surface area contributed by atoms with E-state index in [1.807, 2.05) is 30.3 Å². The second-order valence-electron chi connectivity index (χ2n) is 5.94. The lowest BCUT2D eigenvalue weighted by Gasteiger charge is -2.12. The predicted molar refractivity (Wildman–Crippen MR) is 98.4 cm³/mol. The maximum atomic E-state index is 12.3. The summed E-state index contributed by atoms with van der Waals surface area (Å²) in [6, 6.07) is 16.8. The average molecular weight is 386 g/mol. The number of rotatable bonds is 6. The Morgan fingerprint density at radius 2 is 1.81 bits per heavy atom. The summed E-state index contributed by atoms with van der Waals surface area (Å²) >= 11 is 0. The van der Waals surface area contributed by atoms with Crippen LogP contribution in [0, 0.1) is 0 Å². The van der Waals surface area contributed by atoms with Crippen molar-refractivity contribution in [3.05, 3.63) is 71.9 Å². The van der Waals surface area contributed by atoms with Gasteiger partial charge in [-0.1, -0.05) is 41.6 Å². The van der Waals surface area contributed by atoms with Gasteiger partial charge in [0.25, 0.3) is 0 Å². The van der Waals surface area contributed by atoms with Crippen LogP contribution in [0.1, 0.15) is 16.1 Å². The fourth-order valence-electron chi connectivity index (χ4n) is 2.34. The highest BCUT2D eigenvalue weighted by Gasteiger charge is 2.19. The minimum absolute atomic E-state index is 0.0229. The topological polar surface area (TPSA) is 89.7 Å². The van der Waals surface area contributed by atoms with Crippen LogP contribution in [0.5, 0.6) is 0 Å². The molecule has 0 amide bonds. The maximum Gasteiger partial charge on any atom is 0.338 e. The molecule has 27 heavy (non-hydrogen) atoms. The van der Waals surface area contributed by atoms with Gasteiger partial charge in [-0.15, -0.1) is 0 Å². The Labute approximate surface area is 157 Å². The molecule has 2 aromatic carbocycles. The van der Waals surface area contributed by atoms with Crippen molar-refractivity contribution in [3.8, 4) is 11.3 Å². The van der Waals surface area contributed by atoms with Crippen LogP contribution in [0.25, 0.3) is 11.3 Å². The van der Waals surface area contributed by atoms with Crippen molar-refractivity contribution in [2.24, 2.45) is 0 Å². The average Bonchev–Trinajstić information content (AvgIpc) is 3.16. The normalized spacial score (nSPS) is 11.5. The van der Waals surface area contributed by atoms with Crippen LogP contribution in [-0.2, 0) is 21.4 Å². The molecule has 1 heterocycles. The summed E-state index contributed by atoms with van der Waals surface area (Å²) in [5.74, 6) is -0.0733. The number of ether oxygens (including phenoxy) is 1. The Hall–Kier alpha value is -2.97. The summed E-state index contributed by atoms with van der Waals surface area (Å²) in [4.78, 5) is 12.3. The van der Waals surface area contributed by atoms with E-state index in [1.54, 1.807) is 6.07 Å². The second kappa shape index (κ2) is 7.73. The van der Waals surface area contributed by atoms with Gasteiger partial charge in [-0.25, -0.2) is 17.5 Å². The van der Waals surface area contributed by atoms with Gasteiger partial charge in [-0.2, -0.15) is 0 Å². The summed E-state index contributed by atoms with van der Waals surface area (Å²) in [7, 11) is -0.777. The van der Waals surface area contributed by atoms with Gasteiger partial charge < -0.3 is 9.26 Å². The minimum Gasteiger partial charge on any atom is -0.455 e. The number of hydrogen-bond donors (Lipinski definition) is 0. The van der Waals surface area contributed by atoms with E-state index >= 15 is 0 Å². The van der Waals surface area contributed by atoms with Crippen LogP contribution in [0.15, 0.2) is 70.1 Å². The zero-order valence-corrected chi connectivity index (χ0v) is 15.6. The Balaban J connectivity index is 1.69. The summed E-state index contributed by atoms with van der Waals surface area (Å²) < 4.78 is 35.9. The molecule has 7 nitrogen and oxygen atoms in total. The number of carbonyl (C=O) groups is 1. The van der Waals surface area contributed by atoms with Gasteiger partial charge in [0.15, 0.2) is 5.76 Å². The molecule has 3 aromatic rings. The van der Waals surface area contributed by atoms with Gasteiger partial charge in [-0.05, 0) is 18.2 Å². The van der Waals surface area contributed by atoms with Crippen LogP contribution < -0.4 is 0 Å². The molecule has 0 saturated heterocycles. The molecule has 0 N–H and O–H groups in total. The number of esters is 1. The van der Waals surface area contributed by atoms with E-state index in [9.17, 15) is 13.2 Å². The number of hydrogen-bond acceptors (Lipinski definition) is 6. The molecule has 0 bridgehead atoms. The number of nitrogens with zero attached hydrogens (tertiary/aromatic N) is 2. The van der Waals surface area contributed by atoms with Gasteiger partial charge >= 0.3 is 5.97 Å². The van der Waals surface area contributed by atoms with Crippen LogP contribution in [0.3, 0.4) is 0 Å². The molecule has 0 radical (unpaired) electrons. The van der Waals surface area contributed by atoms with Crippen LogP contribution >= 0.6 is 0 Å². The molecular weight excluding hydrogens is 368 g/mol. The number of benzene rings is 2. The number of carbonyl (C=O) groups excluding carboxylic acids is 1. The highest BCUT2D eigenvalue weighted by molar-refractivity contribution is 7.89. The third-order valence-electron chi connectivity index (χ3n) is 3.82. The Kier molecular flexibility index (Phi) is 5.38. The quantitative estimate of drug-likeness (QED) is 0.605.